The van der Waals surface area contributed by atoms with Crippen LogP contribution in [0.5, 0.6) is 0 Å². The van der Waals surface area contributed by atoms with Gasteiger partial charge in [-0.15, -0.1) is 5.10 Å². The maximum absolute atomic E-state index is 13.1. The fraction of sp³-hybridized carbons (Fsp3) is 0.179. The van der Waals surface area contributed by atoms with Gasteiger partial charge in [0, 0.05) is 59.6 Å². The van der Waals surface area contributed by atoms with Gasteiger partial charge in [-0.05, 0) is 50.8 Å². The molecule has 1 atom stereocenters. The molecule has 0 bridgehead atoms. The van der Waals surface area contributed by atoms with Crippen LogP contribution in [0.3, 0.4) is 0 Å². The van der Waals surface area contributed by atoms with E-state index >= 15 is 0 Å². The third-order valence-corrected chi connectivity index (χ3v) is 6.67. The summed E-state index contributed by atoms with van der Waals surface area (Å²) in [5, 5.41) is 11.8. The van der Waals surface area contributed by atoms with Gasteiger partial charge in [-0.2, -0.15) is 0 Å². The van der Waals surface area contributed by atoms with E-state index in [4.69, 9.17) is 10.7 Å². The number of amides is 2. The number of imidazole rings is 1. The number of nitrogens with zero attached hydrogens (tertiary/aromatic N) is 7. The van der Waals surface area contributed by atoms with Crippen molar-refractivity contribution in [3.05, 3.63) is 84.0 Å². The zero-order valence-electron chi connectivity index (χ0n) is 22.6. The molecule has 2 amide bonds. The molecule has 4 heterocycles. The number of fused-ring (bicyclic) bond motifs is 1. The van der Waals surface area contributed by atoms with Crippen LogP contribution in [0.4, 0.5) is 11.5 Å². The largest absolute Gasteiger partial charge is 0.382 e. The number of rotatable bonds is 9. The Morgan fingerprint density at radius 2 is 1.98 bits per heavy atom. The molecule has 0 aliphatic carbocycles. The molecule has 12 nitrogen and oxygen atoms in total. The summed E-state index contributed by atoms with van der Waals surface area (Å²) in [6.07, 6.45) is 9.68. The van der Waals surface area contributed by atoms with Gasteiger partial charge in [-0.25, -0.2) is 9.97 Å². The van der Waals surface area contributed by atoms with E-state index in [1.807, 2.05) is 43.4 Å². The molecule has 0 spiro atoms. The highest BCUT2D eigenvalue weighted by atomic mass is 32.1. The first-order valence-corrected chi connectivity index (χ1v) is 13.5. The highest BCUT2D eigenvalue weighted by molar-refractivity contribution is 7.03. The first-order valence-electron chi connectivity index (χ1n) is 12.7. The Labute approximate surface area is 240 Å². The van der Waals surface area contributed by atoms with E-state index in [0.29, 0.717) is 40.4 Å². The number of carbonyl (C=O) groups is 2. The zero-order valence-corrected chi connectivity index (χ0v) is 23.5. The summed E-state index contributed by atoms with van der Waals surface area (Å²) < 4.78 is 5.67. The van der Waals surface area contributed by atoms with E-state index in [9.17, 15) is 9.59 Å². The molecule has 5 rings (SSSR count). The highest BCUT2D eigenvalue weighted by Crippen LogP contribution is 2.30. The summed E-state index contributed by atoms with van der Waals surface area (Å²) in [4.78, 5) is 40.9. The first-order chi connectivity index (χ1) is 19.8. The van der Waals surface area contributed by atoms with Crippen LogP contribution >= 0.6 is 11.5 Å². The van der Waals surface area contributed by atoms with Crippen molar-refractivity contribution in [3.8, 4) is 22.5 Å². The Bertz CT molecular complexity index is 1710. The fourth-order valence-corrected chi connectivity index (χ4v) is 4.67. The van der Waals surface area contributed by atoms with E-state index in [-0.39, 0.29) is 17.6 Å². The average molecular weight is 569 g/mol. The van der Waals surface area contributed by atoms with E-state index in [0.717, 1.165) is 11.3 Å². The molecule has 13 heteroatoms. The van der Waals surface area contributed by atoms with E-state index < -0.39 is 6.04 Å². The lowest BCUT2D eigenvalue weighted by molar-refractivity contribution is -0.117. The smallest absolute Gasteiger partial charge is 0.257 e. The van der Waals surface area contributed by atoms with Crippen molar-refractivity contribution in [1.82, 2.24) is 39.2 Å². The quantitative estimate of drug-likeness (QED) is 0.227. The molecular weight excluding hydrogens is 540 g/mol. The Balaban J connectivity index is 1.39. The second-order valence-corrected chi connectivity index (χ2v) is 10.1. The number of hydrogen-bond donors (Lipinski definition) is 3. The minimum atomic E-state index is -0.447. The average Bonchev–Trinajstić information content (AvgIpc) is 3.63. The Morgan fingerprint density at radius 3 is 2.71 bits per heavy atom. The SMILES string of the molecule is C[C@H](NC(=O)/C=C/CN(C)C)c1nc(-c2cncc(C(=O)Nc3ccc(-c4csnn4)cc3)c2)c2c(N)nccn12. The number of aromatic nitrogens is 6. The summed E-state index contributed by atoms with van der Waals surface area (Å²) in [7, 11) is 3.85. The number of nitrogens with two attached hydrogens (primary N) is 1. The van der Waals surface area contributed by atoms with E-state index in [2.05, 4.69) is 30.2 Å². The predicted octanol–water partition coefficient (Wildman–Crippen LogP) is 3.44. The van der Waals surface area contributed by atoms with Gasteiger partial charge in [-0.1, -0.05) is 22.7 Å². The number of hydrogen-bond acceptors (Lipinski definition) is 10. The van der Waals surface area contributed by atoms with Crippen molar-refractivity contribution >= 4 is 40.4 Å². The van der Waals surface area contributed by atoms with Crippen molar-refractivity contribution in [2.24, 2.45) is 0 Å². The predicted molar refractivity (Wildman–Crippen MR) is 158 cm³/mol. The maximum atomic E-state index is 13.1. The van der Waals surface area contributed by atoms with Crippen LogP contribution in [-0.2, 0) is 4.79 Å². The molecule has 41 heavy (non-hydrogen) atoms. The number of nitrogens with one attached hydrogen (secondary N) is 2. The molecule has 1 aromatic carbocycles. The first kappa shape index (κ1) is 27.6. The molecule has 5 aromatic rings. The lowest BCUT2D eigenvalue weighted by Crippen LogP contribution is -2.26. The van der Waals surface area contributed by atoms with Crippen LogP contribution in [0, 0.1) is 0 Å². The Hall–Kier alpha value is -5.01. The number of nitrogen functional groups attached to an aromatic ring is 1. The number of carbonyl (C=O) groups excluding carboxylic acids is 2. The molecule has 0 saturated heterocycles. The molecule has 4 aromatic heterocycles. The summed E-state index contributed by atoms with van der Waals surface area (Å²) in [5.74, 6) is 0.248. The summed E-state index contributed by atoms with van der Waals surface area (Å²) in [6, 6.07) is 8.59. The van der Waals surface area contributed by atoms with Gasteiger partial charge in [0.05, 0.1) is 11.6 Å². The van der Waals surface area contributed by atoms with Gasteiger partial charge in [0.25, 0.3) is 5.91 Å². The van der Waals surface area contributed by atoms with Crippen LogP contribution < -0.4 is 16.4 Å². The number of anilines is 2. The monoisotopic (exact) mass is 568 g/mol. The number of pyridine rings is 1. The van der Waals surface area contributed by atoms with Crippen LogP contribution in [0.25, 0.3) is 28.0 Å². The van der Waals surface area contributed by atoms with Crippen LogP contribution in [0.1, 0.15) is 29.1 Å². The van der Waals surface area contributed by atoms with Gasteiger partial charge in [0.15, 0.2) is 0 Å². The number of likely N-dealkylation sites (N-methyl/N-ethyl adjacent to an activating group) is 1. The summed E-state index contributed by atoms with van der Waals surface area (Å²) in [5.41, 5.74) is 10.6. The lowest BCUT2D eigenvalue weighted by atomic mass is 10.1. The van der Waals surface area contributed by atoms with Crippen LogP contribution in [0.2, 0.25) is 0 Å². The minimum Gasteiger partial charge on any atom is -0.382 e. The third-order valence-electron chi connectivity index (χ3n) is 6.17. The van der Waals surface area contributed by atoms with E-state index in [1.165, 1.54) is 23.8 Å². The molecule has 0 aliphatic heterocycles. The molecule has 0 saturated carbocycles. The van der Waals surface area contributed by atoms with Crippen molar-refractivity contribution in [2.45, 2.75) is 13.0 Å². The van der Waals surface area contributed by atoms with Crippen molar-refractivity contribution in [2.75, 3.05) is 31.7 Å². The zero-order chi connectivity index (χ0) is 28.9. The van der Waals surface area contributed by atoms with Crippen LogP contribution in [0.15, 0.2) is 72.7 Å². The summed E-state index contributed by atoms with van der Waals surface area (Å²) in [6.45, 7) is 2.48. The van der Waals surface area contributed by atoms with Crippen molar-refractivity contribution in [1.29, 1.82) is 0 Å². The molecule has 4 N–H and O–H groups in total. The second kappa shape index (κ2) is 12.0. The van der Waals surface area contributed by atoms with Gasteiger partial charge in [-0.3, -0.25) is 19.0 Å². The fourth-order valence-electron chi connectivity index (χ4n) is 4.20. The van der Waals surface area contributed by atoms with Crippen molar-refractivity contribution < 1.29 is 9.59 Å². The van der Waals surface area contributed by atoms with Crippen molar-refractivity contribution in [3.63, 3.8) is 0 Å². The van der Waals surface area contributed by atoms with Gasteiger partial charge in [0.2, 0.25) is 5.91 Å². The standard InChI is InChI=1S/C28H28N10O2S/c1-17(32-23(39)5-4-11-37(2)3)27-34-24(25-26(29)31-10-12-38(25)27)19-13-20(15-30-14-19)28(40)33-21-8-6-18(7-9-21)22-16-41-36-35-22/h4-10,12-17H,11H2,1-3H3,(H2,29,31)(H,32,39)(H,33,40)/b5-4+/t17-/m0/s1. The Morgan fingerprint density at radius 1 is 1.17 bits per heavy atom. The van der Waals surface area contributed by atoms with Crippen LogP contribution in [-0.4, -0.2) is 66.3 Å². The molecular formula is C28H28N10O2S. The number of benzene rings is 1. The molecule has 0 radical (unpaired) electrons. The topological polar surface area (TPSA) is 156 Å². The lowest BCUT2D eigenvalue weighted by Gasteiger charge is -2.12. The normalized spacial score (nSPS) is 12.2. The molecule has 0 fully saturated rings. The third kappa shape index (κ3) is 6.26. The summed E-state index contributed by atoms with van der Waals surface area (Å²) >= 11 is 1.28. The van der Waals surface area contributed by atoms with Gasteiger partial charge >= 0.3 is 0 Å². The second-order valence-electron chi connectivity index (χ2n) is 9.53. The van der Waals surface area contributed by atoms with Gasteiger partial charge < -0.3 is 21.3 Å². The Kier molecular flexibility index (Phi) is 8.08. The van der Waals surface area contributed by atoms with E-state index in [1.54, 1.807) is 47.3 Å². The van der Waals surface area contributed by atoms with Gasteiger partial charge in [0.1, 0.15) is 28.5 Å². The minimum absolute atomic E-state index is 0.240. The maximum Gasteiger partial charge on any atom is 0.257 e. The molecule has 0 aliphatic rings. The highest BCUT2D eigenvalue weighted by Gasteiger charge is 2.21. The molecule has 208 valence electrons. The molecule has 0 unspecified atom stereocenters.